The summed E-state index contributed by atoms with van der Waals surface area (Å²) in [5.74, 6) is -0.424. The van der Waals surface area contributed by atoms with Gasteiger partial charge in [0.05, 0.1) is 12.5 Å². The molecule has 0 saturated carbocycles. The van der Waals surface area contributed by atoms with E-state index >= 15 is 0 Å². The molecule has 0 radical (unpaired) electrons. The van der Waals surface area contributed by atoms with Gasteiger partial charge in [-0.3, -0.25) is 9.69 Å². The second-order valence-electron chi connectivity index (χ2n) is 8.36. The van der Waals surface area contributed by atoms with Gasteiger partial charge in [-0.15, -0.1) is 0 Å². The molecule has 3 rings (SSSR count). The molecule has 0 N–H and O–H groups in total. The van der Waals surface area contributed by atoms with Gasteiger partial charge in [-0.2, -0.15) is 13.2 Å². The largest absolute Gasteiger partial charge is 0.389 e. The lowest BCUT2D eigenvalue weighted by Gasteiger charge is -2.35. The third-order valence-electron chi connectivity index (χ3n) is 5.96. The van der Waals surface area contributed by atoms with E-state index < -0.39 is 24.9 Å². The highest BCUT2D eigenvalue weighted by Gasteiger charge is 2.31. The average molecular weight is 430 g/mol. The van der Waals surface area contributed by atoms with Crippen molar-refractivity contribution in [1.29, 1.82) is 0 Å². The number of piperidine rings is 1. The number of ether oxygens (including phenoxy) is 1. The van der Waals surface area contributed by atoms with E-state index in [1.54, 1.807) is 17.0 Å². The van der Waals surface area contributed by atoms with Crippen molar-refractivity contribution in [2.45, 2.75) is 57.3 Å². The number of likely N-dealkylation sites (tertiary alicyclic amines) is 1. The Hall–Kier alpha value is -1.67. The first-order valence-electron chi connectivity index (χ1n) is 10.7. The van der Waals surface area contributed by atoms with Crippen LogP contribution >= 0.6 is 0 Å². The normalized spacial score (nSPS) is 21.1. The number of halogens is 4. The van der Waals surface area contributed by atoms with Crippen LogP contribution in [0.4, 0.5) is 17.6 Å². The van der Waals surface area contributed by atoms with Crippen molar-refractivity contribution in [2.75, 3.05) is 32.8 Å². The minimum Gasteiger partial charge on any atom is -0.376 e. The van der Waals surface area contributed by atoms with Crippen molar-refractivity contribution in [3.63, 3.8) is 0 Å². The van der Waals surface area contributed by atoms with E-state index in [0.29, 0.717) is 31.8 Å². The molecule has 2 saturated heterocycles. The van der Waals surface area contributed by atoms with Crippen molar-refractivity contribution in [3.05, 3.63) is 35.6 Å². The Morgan fingerprint density at radius 1 is 1.13 bits per heavy atom. The second kappa shape index (κ2) is 10.6. The maximum Gasteiger partial charge on any atom is 0.389 e. The molecule has 2 aliphatic rings. The summed E-state index contributed by atoms with van der Waals surface area (Å²) in [6.45, 7) is 3.58. The van der Waals surface area contributed by atoms with E-state index in [2.05, 4.69) is 4.90 Å². The predicted octanol–water partition coefficient (Wildman–Crippen LogP) is 4.39. The second-order valence-corrected chi connectivity index (χ2v) is 8.36. The molecule has 1 amide bonds. The van der Waals surface area contributed by atoms with Gasteiger partial charge in [0.2, 0.25) is 5.91 Å². The molecular weight excluding hydrogens is 400 g/mol. The Balaban J connectivity index is 1.51. The van der Waals surface area contributed by atoms with Gasteiger partial charge in [-0.05, 0) is 50.8 Å². The van der Waals surface area contributed by atoms with Crippen LogP contribution in [0.25, 0.3) is 0 Å². The number of rotatable bonds is 8. The molecule has 0 aromatic heterocycles. The Labute approximate surface area is 175 Å². The Morgan fingerprint density at radius 2 is 1.87 bits per heavy atom. The highest BCUT2D eigenvalue weighted by atomic mass is 19.4. The van der Waals surface area contributed by atoms with E-state index in [1.807, 2.05) is 6.07 Å². The van der Waals surface area contributed by atoms with E-state index in [-0.39, 0.29) is 17.8 Å². The molecule has 30 heavy (non-hydrogen) atoms. The van der Waals surface area contributed by atoms with Gasteiger partial charge < -0.3 is 9.64 Å². The molecular formula is C22H30F4N2O2. The smallest absolute Gasteiger partial charge is 0.376 e. The predicted molar refractivity (Wildman–Crippen MR) is 105 cm³/mol. The molecule has 1 aromatic carbocycles. The number of alkyl halides is 3. The number of hydrogen-bond donors (Lipinski definition) is 0. The van der Waals surface area contributed by atoms with Gasteiger partial charge in [0, 0.05) is 38.2 Å². The summed E-state index contributed by atoms with van der Waals surface area (Å²) in [4.78, 5) is 16.3. The van der Waals surface area contributed by atoms with Crippen LogP contribution in [0, 0.1) is 11.7 Å². The summed E-state index contributed by atoms with van der Waals surface area (Å²) in [5.41, 5.74) is 0.665. The quantitative estimate of drug-likeness (QED) is 0.574. The molecule has 168 valence electrons. The fraction of sp³-hybridized carbons (Fsp3) is 0.682. The number of benzene rings is 1. The highest BCUT2D eigenvalue weighted by Crippen LogP contribution is 2.25. The summed E-state index contributed by atoms with van der Waals surface area (Å²) in [6, 6.07) is 6.73. The van der Waals surface area contributed by atoms with Gasteiger partial charge in [-0.1, -0.05) is 18.2 Å². The maximum absolute atomic E-state index is 13.9. The van der Waals surface area contributed by atoms with E-state index in [0.717, 1.165) is 38.8 Å². The van der Waals surface area contributed by atoms with Crippen LogP contribution in [0.3, 0.4) is 0 Å². The lowest BCUT2D eigenvalue weighted by molar-refractivity contribution is -0.150. The molecule has 0 unspecified atom stereocenters. The Bertz CT molecular complexity index is 684. The van der Waals surface area contributed by atoms with Crippen molar-refractivity contribution >= 4 is 5.91 Å². The number of carbonyl (C=O) groups is 1. The first kappa shape index (κ1) is 23.0. The maximum atomic E-state index is 13.9. The van der Waals surface area contributed by atoms with Gasteiger partial charge >= 0.3 is 6.18 Å². The number of nitrogens with zero attached hydrogens (tertiary/aromatic N) is 2. The summed E-state index contributed by atoms with van der Waals surface area (Å²) in [7, 11) is 0. The third kappa shape index (κ3) is 7.23. The molecule has 4 nitrogen and oxygen atoms in total. The minimum atomic E-state index is -4.33. The fourth-order valence-electron chi connectivity index (χ4n) is 4.23. The lowest BCUT2D eigenvalue weighted by Crippen LogP contribution is -2.43. The zero-order chi connectivity index (χ0) is 21.6. The van der Waals surface area contributed by atoms with Gasteiger partial charge in [0.25, 0.3) is 0 Å². The van der Waals surface area contributed by atoms with Crippen LogP contribution in [0.5, 0.6) is 0 Å². The van der Waals surface area contributed by atoms with E-state index in [4.69, 9.17) is 4.74 Å². The zero-order valence-corrected chi connectivity index (χ0v) is 17.2. The van der Waals surface area contributed by atoms with E-state index in [1.165, 1.54) is 6.07 Å². The molecule has 8 heteroatoms. The minimum absolute atomic E-state index is 0.0824. The standard InChI is InChI=1S/C22H30F4N2O2/c23-20-6-2-1-4-18(20)15-27-11-8-17(9-12-27)14-28(16-19-5-3-13-30-19)21(29)7-10-22(24,25)26/h1-2,4,6,17,19H,3,5,7-16H2/t19-/m1/s1. The lowest BCUT2D eigenvalue weighted by atomic mass is 9.95. The molecule has 2 heterocycles. The van der Waals surface area contributed by atoms with Gasteiger partial charge in [0.15, 0.2) is 0 Å². The Kier molecular flexibility index (Phi) is 8.11. The van der Waals surface area contributed by atoms with Crippen LogP contribution in [0.2, 0.25) is 0 Å². The highest BCUT2D eigenvalue weighted by molar-refractivity contribution is 5.76. The fourth-order valence-corrected chi connectivity index (χ4v) is 4.23. The van der Waals surface area contributed by atoms with Crippen molar-refractivity contribution in [3.8, 4) is 0 Å². The average Bonchev–Trinajstić information content (AvgIpc) is 3.21. The molecule has 2 fully saturated rings. The molecule has 0 aliphatic carbocycles. The van der Waals surface area contributed by atoms with Crippen molar-refractivity contribution in [2.24, 2.45) is 5.92 Å². The molecule has 1 aromatic rings. The first-order chi connectivity index (χ1) is 14.3. The van der Waals surface area contributed by atoms with Gasteiger partial charge in [0.1, 0.15) is 5.82 Å². The Morgan fingerprint density at radius 3 is 2.50 bits per heavy atom. The molecule has 0 spiro atoms. The van der Waals surface area contributed by atoms with Crippen LogP contribution in [0.15, 0.2) is 24.3 Å². The third-order valence-corrected chi connectivity index (χ3v) is 5.96. The number of hydrogen-bond acceptors (Lipinski definition) is 3. The van der Waals surface area contributed by atoms with Gasteiger partial charge in [-0.25, -0.2) is 4.39 Å². The van der Waals surface area contributed by atoms with Crippen molar-refractivity contribution < 1.29 is 27.1 Å². The SMILES string of the molecule is O=C(CCC(F)(F)F)N(CC1CCN(Cc2ccccc2F)CC1)C[C@H]1CCCO1. The summed E-state index contributed by atoms with van der Waals surface area (Å²) < 4.78 is 57.2. The summed E-state index contributed by atoms with van der Waals surface area (Å²) in [5, 5.41) is 0. The summed E-state index contributed by atoms with van der Waals surface area (Å²) in [6.07, 6.45) is -2.58. The van der Waals surface area contributed by atoms with Crippen LogP contribution < -0.4 is 0 Å². The molecule has 1 atom stereocenters. The number of amides is 1. The molecule has 2 aliphatic heterocycles. The summed E-state index contributed by atoms with van der Waals surface area (Å²) >= 11 is 0. The van der Waals surface area contributed by atoms with Crippen LogP contribution in [0.1, 0.15) is 44.1 Å². The topological polar surface area (TPSA) is 32.8 Å². The number of carbonyl (C=O) groups excluding carboxylic acids is 1. The van der Waals surface area contributed by atoms with Crippen LogP contribution in [-0.2, 0) is 16.1 Å². The molecule has 0 bridgehead atoms. The van der Waals surface area contributed by atoms with Crippen LogP contribution in [-0.4, -0.2) is 60.8 Å². The van der Waals surface area contributed by atoms with Crippen molar-refractivity contribution in [1.82, 2.24) is 9.80 Å². The monoisotopic (exact) mass is 430 g/mol. The zero-order valence-electron chi connectivity index (χ0n) is 17.2. The first-order valence-corrected chi connectivity index (χ1v) is 10.7. The van der Waals surface area contributed by atoms with E-state index in [9.17, 15) is 22.4 Å².